The van der Waals surface area contributed by atoms with Gasteiger partial charge in [-0.3, -0.25) is 0 Å². The van der Waals surface area contributed by atoms with E-state index in [4.69, 9.17) is 0 Å². The van der Waals surface area contributed by atoms with Crippen LogP contribution in [0.1, 0.15) is 18.4 Å². The first-order chi connectivity index (χ1) is 9.95. The topological polar surface area (TPSA) is 60.9 Å². The van der Waals surface area contributed by atoms with Crippen LogP contribution in [0.3, 0.4) is 0 Å². The molecule has 0 amide bonds. The highest BCUT2D eigenvalue weighted by molar-refractivity contribution is 7.89. The standard InChI is InChI=1S/C15H24N2O3S/c1-16(2)11-13-7-9-17(10-8-13)21(19,20)15-6-4-3-5-14(15)12-18/h3-6,13,18H,7-12H2,1-2H3. The van der Waals surface area contributed by atoms with Gasteiger partial charge >= 0.3 is 0 Å². The minimum Gasteiger partial charge on any atom is -0.392 e. The van der Waals surface area contributed by atoms with Crippen molar-refractivity contribution in [2.75, 3.05) is 33.7 Å². The van der Waals surface area contributed by atoms with Gasteiger partial charge < -0.3 is 10.0 Å². The molecule has 1 fully saturated rings. The predicted molar refractivity (Wildman–Crippen MR) is 82.4 cm³/mol. The van der Waals surface area contributed by atoms with Gasteiger partial charge in [0.1, 0.15) is 0 Å². The van der Waals surface area contributed by atoms with E-state index in [0.29, 0.717) is 24.6 Å². The van der Waals surface area contributed by atoms with Crippen molar-refractivity contribution in [2.45, 2.75) is 24.3 Å². The van der Waals surface area contributed by atoms with Crippen molar-refractivity contribution in [3.05, 3.63) is 29.8 Å². The molecule has 0 unspecified atom stereocenters. The quantitative estimate of drug-likeness (QED) is 0.886. The molecule has 0 saturated carbocycles. The molecule has 1 aliphatic rings. The fourth-order valence-electron chi connectivity index (χ4n) is 2.87. The van der Waals surface area contributed by atoms with Crippen molar-refractivity contribution in [3.63, 3.8) is 0 Å². The lowest BCUT2D eigenvalue weighted by Gasteiger charge is -2.32. The van der Waals surface area contributed by atoms with Gasteiger partial charge in [0.25, 0.3) is 0 Å². The molecule has 1 aromatic carbocycles. The molecule has 5 nitrogen and oxygen atoms in total. The van der Waals surface area contributed by atoms with E-state index >= 15 is 0 Å². The van der Waals surface area contributed by atoms with E-state index in [1.54, 1.807) is 28.6 Å². The number of aliphatic hydroxyl groups is 1. The molecule has 0 bridgehead atoms. The Labute approximate surface area is 127 Å². The summed E-state index contributed by atoms with van der Waals surface area (Å²) in [5, 5.41) is 9.33. The van der Waals surface area contributed by atoms with Gasteiger partial charge in [0, 0.05) is 19.6 Å². The average Bonchev–Trinajstić information content (AvgIpc) is 2.47. The van der Waals surface area contributed by atoms with Crippen LogP contribution in [0.5, 0.6) is 0 Å². The zero-order valence-electron chi connectivity index (χ0n) is 12.7. The van der Waals surface area contributed by atoms with Crippen LogP contribution in [0.15, 0.2) is 29.2 Å². The molecule has 1 N–H and O–H groups in total. The van der Waals surface area contributed by atoms with Gasteiger partial charge in [-0.15, -0.1) is 0 Å². The molecule has 0 spiro atoms. The number of nitrogens with zero attached hydrogens (tertiary/aromatic N) is 2. The highest BCUT2D eigenvalue weighted by Gasteiger charge is 2.30. The molecule has 2 rings (SSSR count). The van der Waals surface area contributed by atoms with Gasteiger partial charge in [0.05, 0.1) is 11.5 Å². The SMILES string of the molecule is CN(C)CC1CCN(S(=O)(=O)c2ccccc2CO)CC1. The summed E-state index contributed by atoms with van der Waals surface area (Å²) in [7, 11) is 0.588. The van der Waals surface area contributed by atoms with Crippen molar-refractivity contribution in [3.8, 4) is 0 Å². The number of hydrogen-bond donors (Lipinski definition) is 1. The van der Waals surface area contributed by atoms with Crippen LogP contribution < -0.4 is 0 Å². The maximum absolute atomic E-state index is 12.7. The van der Waals surface area contributed by atoms with Gasteiger partial charge in [0.15, 0.2) is 0 Å². The summed E-state index contributed by atoms with van der Waals surface area (Å²) in [5.41, 5.74) is 0.466. The van der Waals surface area contributed by atoms with Gasteiger partial charge in [0.2, 0.25) is 10.0 Å². The lowest BCUT2D eigenvalue weighted by molar-refractivity contribution is 0.224. The van der Waals surface area contributed by atoms with Crippen LogP contribution >= 0.6 is 0 Å². The van der Waals surface area contributed by atoms with E-state index in [0.717, 1.165) is 19.4 Å². The molecule has 1 saturated heterocycles. The summed E-state index contributed by atoms with van der Waals surface area (Å²) < 4.78 is 26.9. The van der Waals surface area contributed by atoms with Crippen LogP contribution in [-0.2, 0) is 16.6 Å². The Bertz CT molecular complexity index is 564. The lowest BCUT2D eigenvalue weighted by Crippen LogP contribution is -2.40. The Kier molecular flexibility index (Phi) is 5.37. The van der Waals surface area contributed by atoms with E-state index in [-0.39, 0.29) is 11.5 Å². The Morgan fingerprint density at radius 2 is 1.86 bits per heavy atom. The molecular formula is C15H24N2O3S. The third kappa shape index (κ3) is 3.83. The second-order valence-corrected chi connectivity index (χ2v) is 7.78. The third-order valence-electron chi connectivity index (χ3n) is 3.96. The first kappa shape index (κ1) is 16.4. The Morgan fingerprint density at radius 1 is 1.24 bits per heavy atom. The molecule has 0 radical (unpaired) electrons. The molecule has 21 heavy (non-hydrogen) atoms. The van der Waals surface area contributed by atoms with Crippen molar-refractivity contribution in [2.24, 2.45) is 5.92 Å². The fraction of sp³-hybridized carbons (Fsp3) is 0.600. The third-order valence-corrected chi connectivity index (χ3v) is 5.96. The first-order valence-electron chi connectivity index (χ1n) is 7.29. The molecule has 1 aliphatic heterocycles. The number of hydrogen-bond acceptors (Lipinski definition) is 4. The van der Waals surface area contributed by atoms with Crippen LogP contribution in [0.25, 0.3) is 0 Å². The summed E-state index contributed by atoms with van der Waals surface area (Å²) in [6.45, 7) is 1.86. The van der Waals surface area contributed by atoms with Crippen LogP contribution in [-0.4, -0.2) is 56.5 Å². The second-order valence-electron chi connectivity index (χ2n) is 5.88. The zero-order chi connectivity index (χ0) is 15.5. The largest absolute Gasteiger partial charge is 0.392 e. The van der Waals surface area contributed by atoms with E-state index in [1.165, 1.54) is 0 Å². The lowest BCUT2D eigenvalue weighted by atomic mass is 9.98. The van der Waals surface area contributed by atoms with Crippen LogP contribution in [0.4, 0.5) is 0 Å². The summed E-state index contributed by atoms with van der Waals surface area (Å²) >= 11 is 0. The van der Waals surface area contributed by atoms with E-state index in [1.807, 2.05) is 14.1 Å². The van der Waals surface area contributed by atoms with E-state index in [9.17, 15) is 13.5 Å². The molecule has 6 heteroatoms. The highest BCUT2D eigenvalue weighted by atomic mass is 32.2. The first-order valence-corrected chi connectivity index (χ1v) is 8.73. The van der Waals surface area contributed by atoms with Crippen LogP contribution in [0.2, 0.25) is 0 Å². The fourth-order valence-corrected chi connectivity index (χ4v) is 4.56. The van der Waals surface area contributed by atoms with Crippen molar-refractivity contribution in [1.82, 2.24) is 9.21 Å². The number of rotatable bonds is 5. The molecule has 118 valence electrons. The smallest absolute Gasteiger partial charge is 0.243 e. The van der Waals surface area contributed by atoms with Gasteiger partial charge in [-0.05, 0) is 44.5 Å². The van der Waals surface area contributed by atoms with Crippen LogP contribution in [0, 0.1) is 5.92 Å². The number of sulfonamides is 1. The minimum atomic E-state index is -3.50. The van der Waals surface area contributed by atoms with Crippen molar-refractivity contribution in [1.29, 1.82) is 0 Å². The van der Waals surface area contributed by atoms with Crippen molar-refractivity contribution < 1.29 is 13.5 Å². The number of piperidine rings is 1. The second kappa shape index (κ2) is 6.87. The molecule has 0 aromatic heterocycles. The Hall–Kier alpha value is -0.950. The average molecular weight is 312 g/mol. The zero-order valence-corrected chi connectivity index (χ0v) is 13.5. The highest BCUT2D eigenvalue weighted by Crippen LogP contribution is 2.26. The summed E-state index contributed by atoms with van der Waals surface area (Å²) in [5.74, 6) is 0.555. The molecule has 0 aliphatic carbocycles. The summed E-state index contributed by atoms with van der Waals surface area (Å²) in [4.78, 5) is 2.38. The molecule has 1 aromatic rings. The van der Waals surface area contributed by atoms with E-state index < -0.39 is 10.0 Å². The van der Waals surface area contributed by atoms with Crippen molar-refractivity contribution >= 4 is 10.0 Å². The van der Waals surface area contributed by atoms with Gasteiger partial charge in [-0.25, -0.2) is 8.42 Å². The minimum absolute atomic E-state index is 0.235. The van der Waals surface area contributed by atoms with Gasteiger partial charge in [-0.1, -0.05) is 18.2 Å². The maximum atomic E-state index is 12.7. The number of aliphatic hydroxyl groups excluding tert-OH is 1. The predicted octanol–water partition coefficient (Wildman–Crippen LogP) is 1.14. The molecule has 1 heterocycles. The maximum Gasteiger partial charge on any atom is 0.243 e. The number of benzene rings is 1. The molecule has 0 atom stereocenters. The Balaban J connectivity index is 2.11. The van der Waals surface area contributed by atoms with E-state index in [2.05, 4.69) is 4.90 Å². The normalized spacial score (nSPS) is 18.3. The Morgan fingerprint density at radius 3 is 2.43 bits per heavy atom. The summed E-state index contributed by atoms with van der Waals surface area (Å²) in [6.07, 6.45) is 1.78. The summed E-state index contributed by atoms with van der Waals surface area (Å²) in [6, 6.07) is 6.68. The monoisotopic (exact) mass is 312 g/mol. The molecular weight excluding hydrogens is 288 g/mol. The van der Waals surface area contributed by atoms with Gasteiger partial charge in [-0.2, -0.15) is 4.31 Å².